The summed E-state index contributed by atoms with van der Waals surface area (Å²) in [5.74, 6) is 2.80. The van der Waals surface area contributed by atoms with Crippen LogP contribution in [0.3, 0.4) is 0 Å². The number of fused-ring (bicyclic) bond motifs is 5. The number of rotatable bonds is 3. The molecule has 3 nitrogen and oxygen atoms in total. The first kappa shape index (κ1) is 18.1. The van der Waals surface area contributed by atoms with Gasteiger partial charge >= 0.3 is 0 Å². The van der Waals surface area contributed by atoms with Gasteiger partial charge in [0, 0.05) is 11.8 Å². The molecule has 4 aliphatic carbocycles. The van der Waals surface area contributed by atoms with E-state index in [0.717, 1.165) is 49.8 Å². The quantitative estimate of drug-likeness (QED) is 0.684. The molecule has 3 heteroatoms. The van der Waals surface area contributed by atoms with Crippen molar-refractivity contribution in [3.05, 3.63) is 42.0 Å². The summed E-state index contributed by atoms with van der Waals surface area (Å²) in [7, 11) is 0. The minimum atomic E-state index is -0.365. The van der Waals surface area contributed by atoms with Crippen LogP contribution in [0.25, 0.3) is 0 Å². The van der Waals surface area contributed by atoms with Gasteiger partial charge in [-0.3, -0.25) is 4.79 Å². The standard InChI is InChI=1S/C25H30O3/c1-24-13-12-22-20(8-7-17-15-18(27)11-14-25(17,22)16-26)21(24)9-10-23(24)28-19-5-3-2-4-6-19/h2-6,15-16,20-23H,7-14H2,1H3/t20-,21-,22-,23+,24-,25+/m0/s1. The zero-order valence-corrected chi connectivity index (χ0v) is 16.7. The lowest BCUT2D eigenvalue weighted by Crippen LogP contribution is -2.53. The minimum Gasteiger partial charge on any atom is -0.490 e. The van der Waals surface area contributed by atoms with Gasteiger partial charge in [-0.05, 0) is 80.9 Å². The van der Waals surface area contributed by atoms with Crippen LogP contribution in [0.2, 0.25) is 0 Å². The predicted molar refractivity (Wildman–Crippen MR) is 108 cm³/mol. The molecule has 4 aliphatic rings. The van der Waals surface area contributed by atoms with E-state index in [1.165, 1.54) is 12.7 Å². The fraction of sp³-hybridized carbons (Fsp3) is 0.600. The molecule has 0 bridgehead atoms. The SMILES string of the molecule is C[C@]12CC[C@H]3[C@@H](CCC4=CC(=O)CC[C@@]43C=O)[C@@H]1CC[C@H]2Oc1ccccc1. The molecule has 1 aromatic carbocycles. The van der Waals surface area contributed by atoms with Crippen molar-refractivity contribution in [2.24, 2.45) is 28.6 Å². The van der Waals surface area contributed by atoms with Crippen LogP contribution in [0.15, 0.2) is 42.0 Å². The lowest BCUT2D eigenvalue weighted by Gasteiger charge is -2.57. The van der Waals surface area contributed by atoms with Gasteiger partial charge in [0.15, 0.2) is 5.78 Å². The highest BCUT2D eigenvalue weighted by Gasteiger charge is 2.61. The Bertz CT molecular complexity index is 812. The summed E-state index contributed by atoms with van der Waals surface area (Å²) in [6, 6.07) is 10.2. The fourth-order valence-electron chi connectivity index (χ4n) is 7.30. The molecule has 0 heterocycles. The summed E-state index contributed by atoms with van der Waals surface area (Å²) in [6.07, 6.45) is 11.1. The normalized spacial score (nSPS) is 42.0. The Morgan fingerprint density at radius 1 is 1.00 bits per heavy atom. The van der Waals surface area contributed by atoms with E-state index in [4.69, 9.17) is 4.74 Å². The maximum Gasteiger partial charge on any atom is 0.155 e. The summed E-state index contributed by atoms with van der Waals surface area (Å²) in [4.78, 5) is 24.4. The number of ether oxygens (including phenoxy) is 1. The number of carbonyl (C=O) groups excluding carboxylic acids is 2. The number of benzene rings is 1. The molecule has 3 fully saturated rings. The van der Waals surface area contributed by atoms with Gasteiger partial charge in [-0.2, -0.15) is 0 Å². The molecule has 0 aliphatic heterocycles. The molecule has 6 atom stereocenters. The van der Waals surface area contributed by atoms with E-state index in [1.807, 2.05) is 24.3 Å². The Morgan fingerprint density at radius 3 is 2.61 bits per heavy atom. The highest BCUT2D eigenvalue weighted by Crippen LogP contribution is 2.65. The number of para-hydroxylation sites is 1. The zero-order valence-electron chi connectivity index (χ0n) is 16.7. The Hall–Kier alpha value is -1.90. The Kier molecular flexibility index (Phi) is 4.26. The van der Waals surface area contributed by atoms with Gasteiger partial charge in [0.25, 0.3) is 0 Å². The molecule has 0 unspecified atom stereocenters. The van der Waals surface area contributed by atoms with Gasteiger partial charge in [0.1, 0.15) is 18.1 Å². The van der Waals surface area contributed by atoms with Crippen molar-refractivity contribution in [3.8, 4) is 5.75 Å². The molecule has 3 saturated carbocycles. The van der Waals surface area contributed by atoms with Gasteiger partial charge in [0.2, 0.25) is 0 Å². The molecule has 0 saturated heterocycles. The summed E-state index contributed by atoms with van der Waals surface area (Å²) in [5, 5.41) is 0. The van der Waals surface area contributed by atoms with Crippen molar-refractivity contribution in [2.45, 2.75) is 64.4 Å². The maximum atomic E-state index is 12.4. The average Bonchev–Trinajstić information content (AvgIpc) is 3.05. The smallest absolute Gasteiger partial charge is 0.155 e. The van der Waals surface area contributed by atoms with Crippen LogP contribution >= 0.6 is 0 Å². The number of ketones is 1. The van der Waals surface area contributed by atoms with E-state index in [2.05, 4.69) is 19.1 Å². The number of hydrogen-bond donors (Lipinski definition) is 0. The summed E-state index contributed by atoms with van der Waals surface area (Å²) in [5.41, 5.74) is 0.960. The van der Waals surface area contributed by atoms with Crippen molar-refractivity contribution in [1.82, 2.24) is 0 Å². The van der Waals surface area contributed by atoms with Gasteiger partial charge in [-0.25, -0.2) is 0 Å². The van der Waals surface area contributed by atoms with Crippen LogP contribution in [-0.4, -0.2) is 18.2 Å². The molecule has 0 radical (unpaired) electrons. The van der Waals surface area contributed by atoms with Crippen LogP contribution in [0, 0.1) is 28.6 Å². The molecule has 0 spiro atoms. The largest absolute Gasteiger partial charge is 0.490 e. The van der Waals surface area contributed by atoms with E-state index < -0.39 is 0 Å². The summed E-state index contributed by atoms with van der Waals surface area (Å²) in [6.45, 7) is 2.43. The first-order valence-electron chi connectivity index (χ1n) is 11.0. The molecule has 1 aromatic rings. The molecule has 5 rings (SSSR count). The van der Waals surface area contributed by atoms with E-state index in [9.17, 15) is 9.59 Å². The van der Waals surface area contributed by atoms with Crippen molar-refractivity contribution in [2.75, 3.05) is 0 Å². The van der Waals surface area contributed by atoms with E-state index in [-0.39, 0.29) is 22.7 Å². The zero-order chi connectivity index (χ0) is 19.4. The van der Waals surface area contributed by atoms with Gasteiger partial charge in [-0.1, -0.05) is 30.7 Å². The molecule has 0 amide bonds. The van der Waals surface area contributed by atoms with Crippen LogP contribution in [0.1, 0.15) is 58.3 Å². The molecular weight excluding hydrogens is 348 g/mol. The van der Waals surface area contributed by atoms with Crippen LogP contribution in [0.4, 0.5) is 0 Å². The second kappa shape index (κ2) is 6.57. The Labute approximate surface area is 167 Å². The van der Waals surface area contributed by atoms with Crippen molar-refractivity contribution in [1.29, 1.82) is 0 Å². The van der Waals surface area contributed by atoms with Gasteiger partial charge < -0.3 is 9.53 Å². The predicted octanol–water partition coefficient (Wildman–Crippen LogP) is 5.14. The fourth-order valence-corrected chi connectivity index (χ4v) is 7.30. The van der Waals surface area contributed by atoms with Crippen molar-refractivity contribution in [3.63, 3.8) is 0 Å². The molecule has 28 heavy (non-hydrogen) atoms. The molecule has 148 valence electrons. The van der Waals surface area contributed by atoms with Crippen LogP contribution < -0.4 is 4.74 Å². The second-order valence-corrected chi connectivity index (χ2v) is 9.75. The number of aldehydes is 1. The lowest BCUT2D eigenvalue weighted by atomic mass is 9.47. The third-order valence-corrected chi connectivity index (χ3v) is 8.71. The molecular formula is C25H30O3. The topological polar surface area (TPSA) is 43.4 Å². The summed E-state index contributed by atoms with van der Waals surface area (Å²) >= 11 is 0. The van der Waals surface area contributed by atoms with Gasteiger partial charge in [-0.15, -0.1) is 0 Å². The van der Waals surface area contributed by atoms with E-state index in [0.29, 0.717) is 24.2 Å². The van der Waals surface area contributed by atoms with E-state index >= 15 is 0 Å². The minimum absolute atomic E-state index is 0.187. The number of carbonyl (C=O) groups is 2. The Morgan fingerprint density at radius 2 is 1.82 bits per heavy atom. The molecule has 0 aromatic heterocycles. The van der Waals surface area contributed by atoms with Crippen LogP contribution in [0.5, 0.6) is 5.75 Å². The Balaban J connectivity index is 1.43. The van der Waals surface area contributed by atoms with Crippen molar-refractivity contribution < 1.29 is 14.3 Å². The highest BCUT2D eigenvalue weighted by atomic mass is 16.5. The first-order chi connectivity index (χ1) is 13.6. The van der Waals surface area contributed by atoms with Crippen molar-refractivity contribution >= 4 is 12.1 Å². The van der Waals surface area contributed by atoms with Crippen LogP contribution in [-0.2, 0) is 9.59 Å². The second-order valence-electron chi connectivity index (χ2n) is 9.75. The van der Waals surface area contributed by atoms with E-state index in [1.54, 1.807) is 0 Å². The number of allylic oxidation sites excluding steroid dienone is 1. The maximum absolute atomic E-state index is 12.4. The monoisotopic (exact) mass is 378 g/mol. The van der Waals surface area contributed by atoms with Gasteiger partial charge in [0.05, 0.1) is 5.41 Å². The number of hydrogen-bond acceptors (Lipinski definition) is 3. The lowest BCUT2D eigenvalue weighted by molar-refractivity contribution is -0.129. The third kappa shape index (κ3) is 2.54. The highest BCUT2D eigenvalue weighted by molar-refractivity contribution is 5.93. The first-order valence-corrected chi connectivity index (χ1v) is 11.0. The average molecular weight is 379 g/mol. The summed E-state index contributed by atoms with van der Waals surface area (Å²) < 4.78 is 6.47. The molecule has 0 N–H and O–H groups in total. The third-order valence-electron chi connectivity index (χ3n) is 8.71.